The standard InChI is InChI=1S/C17H31NO/c1-13-4-6-14(7-5-13)16(18)15-8-11-19-17(12-15)9-2-3-10-17/h13-16H,2-12,18H2,1H3. The Balaban J connectivity index is 1.58. The molecule has 1 aliphatic heterocycles. The van der Waals surface area contributed by atoms with E-state index in [0.29, 0.717) is 6.04 Å². The van der Waals surface area contributed by atoms with Gasteiger partial charge in [-0.3, -0.25) is 0 Å². The first-order chi connectivity index (χ1) is 9.19. The van der Waals surface area contributed by atoms with Crippen LogP contribution in [0.1, 0.15) is 71.1 Å². The molecule has 0 aromatic rings. The summed E-state index contributed by atoms with van der Waals surface area (Å²) in [6, 6.07) is 0.439. The van der Waals surface area contributed by atoms with Crippen molar-refractivity contribution in [2.45, 2.75) is 82.8 Å². The van der Waals surface area contributed by atoms with E-state index in [9.17, 15) is 0 Å². The van der Waals surface area contributed by atoms with Gasteiger partial charge in [0.2, 0.25) is 0 Å². The first kappa shape index (κ1) is 13.9. The molecule has 0 amide bonds. The van der Waals surface area contributed by atoms with Crippen LogP contribution in [0.25, 0.3) is 0 Å². The highest BCUT2D eigenvalue weighted by Gasteiger charge is 2.42. The van der Waals surface area contributed by atoms with Crippen molar-refractivity contribution in [2.75, 3.05) is 6.61 Å². The number of ether oxygens (including phenoxy) is 1. The van der Waals surface area contributed by atoms with Gasteiger partial charge >= 0.3 is 0 Å². The normalized spacial score (nSPS) is 40.4. The Morgan fingerprint density at radius 3 is 2.37 bits per heavy atom. The van der Waals surface area contributed by atoms with Crippen molar-refractivity contribution >= 4 is 0 Å². The van der Waals surface area contributed by atoms with Gasteiger partial charge in [-0.1, -0.05) is 32.6 Å². The van der Waals surface area contributed by atoms with Gasteiger partial charge in [-0.05, 0) is 56.3 Å². The zero-order valence-electron chi connectivity index (χ0n) is 12.6. The van der Waals surface area contributed by atoms with Crippen LogP contribution in [0.4, 0.5) is 0 Å². The summed E-state index contributed by atoms with van der Waals surface area (Å²) in [5.41, 5.74) is 6.90. The van der Waals surface area contributed by atoms with E-state index in [1.54, 1.807) is 0 Å². The maximum Gasteiger partial charge on any atom is 0.0685 e. The molecule has 1 heterocycles. The minimum absolute atomic E-state index is 0.239. The summed E-state index contributed by atoms with van der Waals surface area (Å²) < 4.78 is 6.16. The van der Waals surface area contributed by atoms with Gasteiger partial charge in [-0.2, -0.15) is 0 Å². The van der Waals surface area contributed by atoms with Gasteiger partial charge < -0.3 is 10.5 Å². The fourth-order valence-electron chi connectivity index (χ4n) is 4.82. The third-order valence-electron chi connectivity index (χ3n) is 6.20. The van der Waals surface area contributed by atoms with E-state index in [1.165, 1.54) is 64.2 Å². The summed E-state index contributed by atoms with van der Waals surface area (Å²) in [6.45, 7) is 3.35. The average molecular weight is 265 g/mol. The lowest BCUT2D eigenvalue weighted by molar-refractivity contribution is -0.0995. The second-order valence-corrected chi connectivity index (χ2v) is 7.59. The van der Waals surface area contributed by atoms with Crippen molar-refractivity contribution in [1.29, 1.82) is 0 Å². The van der Waals surface area contributed by atoms with Crippen LogP contribution in [0, 0.1) is 17.8 Å². The van der Waals surface area contributed by atoms with E-state index in [4.69, 9.17) is 10.5 Å². The molecule has 3 fully saturated rings. The highest BCUT2D eigenvalue weighted by Crippen LogP contribution is 2.44. The van der Waals surface area contributed by atoms with E-state index in [2.05, 4.69) is 6.92 Å². The maximum atomic E-state index is 6.66. The molecule has 0 aromatic heterocycles. The van der Waals surface area contributed by atoms with Crippen LogP contribution < -0.4 is 5.73 Å². The highest BCUT2D eigenvalue weighted by atomic mass is 16.5. The van der Waals surface area contributed by atoms with Crippen molar-refractivity contribution in [3.8, 4) is 0 Å². The lowest BCUT2D eigenvalue weighted by atomic mass is 9.71. The molecular weight excluding hydrogens is 234 g/mol. The van der Waals surface area contributed by atoms with Gasteiger partial charge in [-0.25, -0.2) is 0 Å². The molecule has 0 bridgehead atoms. The van der Waals surface area contributed by atoms with Gasteiger partial charge in [-0.15, -0.1) is 0 Å². The summed E-state index contributed by atoms with van der Waals surface area (Å²) in [4.78, 5) is 0. The van der Waals surface area contributed by atoms with E-state index >= 15 is 0 Å². The minimum atomic E-state index is 0.239. The van der Waals surface area contributed by atoms with Gasteiger partial charge in [0.25, 0.3) is 0 Å². The summed E-state index contributed by atoms with van der Waals surface area (Å²) in [7, 11) is 0. The topological polar surface area (TPSA) is 35.2 Å². The van der Waals surface area contributed by atoms with Crippen molar-refractivity contribution in [3.05, 3.63) is 0 Å². The third kappa shape index (κ3) is 3.00. The Labute approximate surface area is 118 Å². The zero-order valence-corrected chi connectivity index (χ0v) is 12.6. The van der Waals surface area contributed by atoms with Gasteiger partial charge in [0.15, 0.2) is 0 Å². The van der Waals surface area contributed by atoms with Crippen molar-refractivity contribution < 1.29 is 4.74 Å². The van der Waals surface area contributed by atoms with E-state index < -0.39 is 0 Å². The van der Waals surface area contributed by atoms with Crippen molar-refractivity contribution in [1.82, 2.24) is 0 Å². The number of hydrogen-bond acceptors (Lipinski definition) is 2. The summed E-state index contributed by atoms with van der Waals surface area (Å²) >= 11 is 0. The van der Waals surface area contributed by atoms with E-state index in [1.807, 2.05) is 0 Å². The van der Waals surface area contributed by atoms with Gasteiger partial charge in [0, 0.05) is 12.6 Å². The molecule has 2 N–H and O–H groups in total. The zero-order chi connectivity index (χ0) is 13.3. The number of nitrogens with two attached hydrogens (primary N) is 1. The van der Waals surface area contributed by atoms with Crippen LogP contribution in [0.15, 0.2) is 0 Å². The Hall–Kier alpha value is -0.0800. The fourth-order valence-corrected chi connectivity index (χ4v) is 4.82. The Kier molecular flexibility index (Phi) is 4.19. The predicted molar refractivity (Wildman–Crippen MR) is 79.0 cm³/mol. The summed E-state index contributed by atoms with van der Waals surface area (Å²) in [5, 5.41) is 0. The lowest BCUT2D eigenvalue weighted by Gasteiger charge is -2.43. The maximum absolute atomic E-state index is 6.66. The molecular formula is C17H31NO. The second-order valence-electron chi connectivity index (χ2n) is 7.59. The van der Waals surface area contributed by atoms with E-state index in [-0.39, 0.29) is 5.60 Å². The second kappa shape index (κ2) is 5.73. The molecule has 0 radical (unpaired) electrons. The van der Waals surface area contributed by atoms with Crippen molar-refractivity contribution in [3.63, 3.8) is 0 Å². The Morgan fingerprint density at radius 1 is 1.00 bits per heavy atom. The van der Waals surface area contributed by atoms with Gasteiger partial charge in [0.05, 0.1) is 5.60 Å². The molecule has 19 heavy (non-hydrogen) atoms. The van der Waals surface area contributed by atoms with Crippen molar-refractivity contribution in [2.24, 2.45) is 23.5 Å². The molecule has 2 unspecified atom stereocenters. The molecule has 2 saturated carbocycles. The van der Waals surface area contributed by atoms with Crippen LogP contribution in [-0.4, -0.2) is 18.2 Å². The van der Waals surface area contributed by atoms with Crippen LogP contribution >= 0.6 is 0 Å². The first-order valence-electron chi connectivity index (χ1n) is 8.58. The SMILES string of the molecule is CC1CCC(C(N)C2CCOC3(CCCC3)C2)CC1. The number of rotatable bonds is 2. The number of hydrogen-bond donors (Lipinski definition) is 1. The quantitative estimate of drug-likeness (QED) is 0.822. The summed E-state index contributed by atoms with van der Waals surface area (Å²) in [6.07, 6.45) is 13.3. The first-order valence-corrected chi connectivity index (χ1v) is 8.58. The molecule has 1 saturated heterocycles. The highest BCUT2D eigenvalue weighted by molar-refractivity contribution is 4.95. The molecule has 1 spiro atoms. The largest absolute Gasteiger partial charge is 0.375 e. The van der Waals surface area contributed by atoms with Crippen LogP contribution in [0.3, 0.4) is 0 Å². The van der Waals surface area contributed by atoms with Crippen LogP contribution in [-0.2, 0) is 4.74 Å². The molecule has 110 valence electrons. The molecule has 3 rings (SSSR count). The molecule has 2 nitrogen and oxygen atoms in total. The minimum Gasteiger partial charge on any atom is -0.375 e. The predicted octanol–water partition coefficient (Wildman–Crippen LogP) is 3.88. The third-order valence-corrected chi connectivity index (χ3v) is 6.20. The average Bonchev–Trinajstić information content (AvgIpc) is 2.87. The monoisotopic (exact) mass is 265 g/mol. The smallest absolute Gasteiger partial charge is 0.0685 e. The van der Waals surface area contributed by atoms with Crippen LogP contribution in [0.2, 0.25) is 0 Å². The fraction of sp³-hybridized carbons (Fsp3) is 1.00. The lowest BCUT2D eigenvalue weighted by Crippen LogP contribution is -2.47. The molecule has 3 aliphatic rings. The molecule has 2 heteroatoms. The Bertz CT molecular complexity index is 290. The summed E-state index contributed by atoms with van der Waals surface area (Å²) in [5.74, 6) is 2.45. The molecule has 2 atom stereocenters. The van der Waals surface area contributed by atoms with Crippen LogP contribution in [0.5, 0.6) is 0 Å². The molecule has 0 aromatic carbocycles. The Morgan fingerprint density at radius 2 is 1.68 bits per heavy atom. The van der Waals surface area contributed by atoms with E-state index in [0.717, 1.165) is 24.4 Å². The van der Waals surface area contributed by atoms with Gasteiger partial charge in [0.1, 0.15) is 0 Å². The molecule has 2 aliphatic carbocycles.